The van der Waals surface area contributed by atoms with Crippen molar-refractivity contribution in [2.75, 3.05) is 45.1 Å². The average molecular weight is 1460 g/mol. The van der Waals surface area contributed by atoms with E-state index in [-0.39, 0.29) is 83.5 Å². The van der Waals surface area contributed by atoms with Gasteiger partial charge in [0.2, 0.25) is 70.9 Å². The summed E-state index contributed by atoms with van der Waals surface area (Å²) in [4.78, 5) is 188. The average Bonchev–Trinajstić information content (AvgIpc) is 1.76. The van der Waals surface area contributed by atoms with Gasteiger partial charge in [-0.15, -0.1) is 0 Å². The number of aliphatic imine (C=N–C) groups is 1. The van der Waals surface area contributed by atoms with Gasteiger partial charge in [0, 0.05) is 44.7 Å². The summed E-state index contributed by atoms with van der Waals surface area (Å²) in [5.74, 6) is -12.8. The molecule has 0 aromatic heterocycles. The summed E-state index contributed by atoms with van der Waals surface area (Å²) < 4.78 is 0. The number of amides is 12. The van der Waals surface area contributed by atoms with Crippen LogP contribution in [0.4, 0.5) is 5.69 Å². The quantitative estimate of drug-likeness (QED) is 0.00924. The number of anilines is 1. The van der Waals surface area contributed by atoms with Crippen LogP contribution in [0.3, 0.4) is 0 Å². The fraction of sp³-hybridized carbons (Fsp3) is 0.472. The van der Waals surface area contributed by atoms with E-state index in [1.54, 1.807) is 80.6 Å². The van der Waals surface area contributed by atoms with E-state index in [4.69, 9.17) is 28.7 Å². The van der Waals surface area contributed by atoms with Gasteiger partial charge in [0.1, 0.15) is 66.5 Å². The summed E-state index contributed by atoms with van der Waals surface area (Å²) in [7, 11) is 0. The number of nitrogens with two attached hydrogens (primary N) is 5. The molecule has 0 radical (unpaired) electrons. The number of aliphatic hydroxyl groups excluding tert-OH is 2. The first-order valence-electron chi connectivity index (χ1n) is 35.0. The molecule has 33 heteroatoms. The van der Waals surface area contributed by atoms with Crippen LogP contribution in [-0.2, 0) is 81.6 Å². The Kier molecular flexibility index (Phi) is 30.2. The fourth-order valence-electron chi connectivity index (χ4n) is 12.8. The molecule has 0 unspecified atom stereocenters. The minimum atomic E-state index is -1.94. The number of guanidine groups is 1. The first kappa shape index (κ1) is 81.2. The van der Waals surface area contributed by atoms with Crippen molar-refractivity contribution in [3.8, 4) is 11.1 Å². The van der Waals surface area contributed by atoms with E-state index < -0.39 is 175 Å². The summed E-state index contributed by atoms with van der Waals surface area (Å²) in [6, 6.07) is 15.0. The van der Waals surface area contributed by atoms with Crippen LogP contribution in [-0.4, -0.2) is 225 Å². The van der Waals surface area contributed by atoms with Crippen molar-refractivity contribution in [1.29, 1.82) is 0 Å². The van der Waals surface area contributed by atoms with E-state index in [1.807, 2.05) is 42.5 Å². The standard InChI is InChI=1S/C72H97N17O16/c1-40(2)59(71(105)89-33-13-21-57(89)68(102)81-50(35-42-14-6-4-7-15-42)63(97)80-49(18-10-30-78-72(76)77)69(103)87-31-11-19-55(87)60(75)94)86-66(100)54(39-91)85-64(98)51(37-58(92)93)82-67(101)56-20-12-32-88(56)70(104)52(36-44-22-26-46(27-23-44)45-16-8-5-9-17-45)83-61(95)41(3)79-65(99)53(38-90)84-62(96)48(74)34-43-24-28-47(73)29-25-43/h4-9,14-17,22-29,40-41,48-57,59,90-91H,10-13,18-21,30-39,73-74H2,1-3H3,(H2,75,94)(H,79,99)(H,80,97)(H,81,102)(H,82,101)(H,83,95)(H,84,96)(H,85,98)(H,86,100)(H,92,93)(H4,76,77,78)/t41-,48-,49-,50-,51-,52-,53-,54-,55-,56-,57-,59-/m0/s1. The minimum absolute atomic E-state index is 0.00245. The van der Waals surface area contributed by atoms with Crippen LogP contribution in [0.5, 0.6) is 0 Å². The van der Waals surface area contributed by atoms with Crippen LogP contribution < -0.4 is 71.2 Å². The highest BCUT2D eigenvalue weighted by Crippen LogP contribution is 2.26. The molecule has 7 rings (SSSR count). The van der Waals surface area contributed by atoms with Crippen molar-refractivity contribution >= 4 is 88.5 Å². The molecule has 3 aliphatic heterocycles. The number of nitrogen functional groups attached to an aromatic ring is 1. The van der Waals surface area contributed by atoms with Crippen LogP contribution in [0, 0.1) is 5.92 Å². The molecule has 0 spiro atoms. The Hall–Kier alpha value is -11.1. The molecule has 3 saturated heterocycles. The number of benzene rings is 4. The van der Waals surface area contributed by atoms with Crippen molar-refractivity contribution in [3.05, 3.63) is 126 Å². The third-order valence-electron chi connectivity index (χ3n) is 18.5. The van der Waals surface area contributed by atoms with Crippen molar-refractivity contribution in [1.82, 2.24) is 57.2 Å². The summed E-state index contributed by atoms with van der Waals surface area (Å²) >= 11 is 0. The number of carbonyl (C=O) groups excluding carboxylic acids is 12. The molecular formula is C72H97N17O16. The van der Waals surface area contributed by atoms with Gasteiger partial charge in [0.05, 0.1) is 25.7 Å². The number of rotatable bonds is 36. The second-order valence-electron chi connectivity index (χ2n) is 26.7. The van der Waals surface area contributed by atoms with E-state index in [0.717, 1.165) is 16.0 Å². The Morgan fingerprint density at radius 3 is 1.47 bits per heavy atom. The Morgan fingerprint density at radius 2 is 0.914 bits per heavy atom. The van der Waals surface area contributed by atoms with Gasteiger partial charge in [0.15, 0.2) is 5.96 Å². The van der Waals surface area contributed by atoms with Crippen LogP contribution in [0.25, 0.3) is 11.1 Å². The lowest BCUT2D eigenvalue weighted by atomic mass is 9.99. The lowest BCUT2D eigenvalue weighted by molar-refractivity contribution is -0.145. The predicted octanol–water partition coefficient (Wildman–Crippen LogP) is -3.18. The molecule has 3 fully saturated rings. The van der Waals surface area contributed by atoms with Gasteiger partial charge in [-0.2, -0.15) is 0 Å². The molecule has 4 aromatic rings. The number of aliphatic hydroxyl groups is 2. The Balaban J connectivity index is 1.02. The minimum Gasteiger partial charge on any atom is -0.481 e. The zero-order chi connectivity index (χ0) is 76.6. The molecule has 566 valence electrons. The van der Waals surface area contributed by atoms with Crippen LogP contribution >= 0.6 is 0 Å². The molecule has 33 nitrogen and oxygen atoms in total. The highest BCUT2D eigenvalue weighted by atomic mass is 16.4. The number of carboxylic acid groups (broad SMARTS) is 1. The molecular weight excluding hydrogens is 1360 g/mol. The molecule has 3 aliphatic rings. The molecule has 0 saturated carbocycles. The Bertz CT molecular complexity index is 3750. The number of primary amides is 1. The highest BCUT2D eigenvalue weighted by molar-refractivity contribution is 6.00. The molecule has 3 heterocycles. The number of carbonyl (C=O) groups is 13. The topological polar surface area (TPSA) is 531 Å². The third-order valence-corrected chi connectivity index (χ3v) is 18.5. The predicted molar refractivity (Wildman–Crippen MR) is 384 cm³/mol. The number of likely N-dealkylation sites (tertiary alicyclic amines) is 3. The maximum Gasteiger partial charge on any atom is 0.305 e. The number of nitrogens with one attached hydrogen (secondary N) is 8. The summed E-state index contributed by atoms with van der Waals surface area (Å²) in [6.45, 7) is 2.76. The molecule has 0 bridgehead atoms. The van der Waals surface area contributed by atoms with Gasteiger partial charge in [-0.1, -0.05) is 111 Å². The van der Waals surface area contributed by atoms with Gasteiger partial charge in [-0.05, 0) is 111 Å². The fourth-order valence-corrected chi connectivity index (χ4v) is 12.8. The normalized spacial score (nSPS) is 18.1. The van der Waals surface area contributed by atoms with Crippen molar-refractivity contribution < 1.29 is 77.6 Å². The highest BCUT2D eigenvalue weighted by Gasteiger charge is 2.44. The molecule has 4 aromatic carbocycles. The summed E-state index contributed by atoms with van der Waals surface area (Å²) in [6.07, 6.45) is 0.505. The summed E-state index contributed by atoms with van der Waals surface area (Å²) in [5.41, 5.74) is 32.7. The van der Waals surface area contributed by atoms with E-state index in [2.05, 4.69) is 47.5 Å². The van der Waals surface area contributed by atoms with Crippen LogP contribution in [0.2, 0.25) is 0 Å². The maximum atomic E-state index is 14.9. The van der Waals surface area contributed by atoms with Gasteiger partial charge < -0.3 is 101 Å². The Labute approximate surface area is 607 Å². The van der Waals surface area contributed by atoms with Gasteiger partial charge in [-0.3, -0.25) is 67.3 Å². The van der Waals surface area contributed by atoms with Gasteiger partial charge in [0.25, 0.3) is 0 Å². The molecule has 12 amide bonds. The third kappa shape index (κ3) is 23.2. The SMILES string of the molecule is CC(C)[C@H](NC(=O)[C@H](CO)NC(=O)[C@H](CC(=O)O)NC(=O)[C@@H]1CCCN1C(=O)[C@H](Cc1ccc(-c2ccccc2)cc1)NC(=O)[C@H](C)NC(=O)[C@H](CO)NC(=O)[C@@H](N)Cc1ccc(N)cc1)C(=O)N1CCC[C@H]1C(=O)N[C@@H](Cc1ccccc1)C(=O)N[C@@H](CCCN=C(N)N)C(=O)N1CCC[C@H]1C(N)=O. The monoisotopic (exact) mass is 1460 g/mol. The van der Waals surface area contributed by atoms with Crippen molar-refractivity contribution in [2.45, 2.75) is 170 Å². The number of carboxylic acids is 1. The number of aliphatic carboxylic acids is 1. The molecule has 12 atom stereocenters. The smallest absolute Gasteiger partial charge is 0.305 e. The van der Waals surface area contributed by atoms with Crippen molar-refractivity contribution in [3.63, 3.8) is 0 Å². The summed E-state index contributed by atoms with van der Waals surface area (Å²) in [5, 5.41) is 51.1. The largest absolute Gasteiger partial charge is 0.481 e. The number of nitrogens with zero attached hydrogens (tertiary/aromatic N) is 4. The van der Waals surface area contributed by atoms with Crippen LogP contribution in [0.15, 0.2) is 114 Å². The lowest BCUT2D eigenvalue weighted by Gasteiger charge is -2.32. The molecule has 21 N–H and O–H groups in total. The van der Waals surface area contributed by atoms with E-state index in [1.165, 1.54) is 16.7 Å². The van der Waals surface area contributed by atoms with Crippen molar-refractivity contribution in [2.24, 2.45) is 33.8 Å². The van der Waals surface area contributed by atoms with Gasteiger partial charge >= 0.3 is 5.97 Å². The zero-order valence-electron chi connectivity index (χ0n) is 59.0. The molecule has 0 aliphatic carbocycles. The second kappa shape index (κ2) is 39.0. The molecule has 105 heavy (non-hydrogen) atoms. The second-order valence-corrected chi connectivity index (χ2v) is 26.7. The number of hydrogen-bond donors (Lipinski definition) is 16. The van der Waals surface area contributed by atoms with E-state index in [9.17, 15) is 77.6 Å². The first-order chi connectivity index (χ1) is 50.1. The zero-order valence-corrected chi connectivity index (χ0v) is 59.0. The number of hydrogen-bond acceptors (Lipinski definition) is 18. The maximum absolute atomic E-state index is 14.9. The van der Waals surface area contributed by atoms with E-state index >= 15 is 0 Å². The first-order valence-corrected chi connectivity index (χ1v) is 35.0. The van der Waals surface area contributed by atoms with Crippen LogP contribution in [0.1, 0.15) is 95.2 Å². The lowest BCUT2D eigenvalue weighted by Crippen LogP contribution is -2.62. The van der Waals surface area contributed by atoms with Gasteiger partial charge in [-0.25, -0.2) is 0 Å². The Morgan fingerprint density at radius 1 is 0.476 bits per heavy atom. The van der Waals surface area contributed by atoms with E-state index in [0.29, 0.717) is 41.6 Å².